The average Bonchev–Trinajstić information content (AvgIpc) is 2.04. The lowest BCUT2D eigenvalue weighted by molar-refractivity contribution is 0.231. The van der Waals surface area contributed by atoms with Crippen LogP contribution in [0.1, 0.15) is 0 Å². The Morgan fingerprint density at radius 2 is 2.09 bits per heavy atom. The van der Waals surface area contributed by atoms with Crippen LogP contribution in [0.25, 0.3) is 0 Å². The molecule has 1 rings (SSSR count). The van der Waals surface area contributed by atoms with Gasteiger partial charge in [0.25, 0.3) is 0 Å². The van der Waals surface area contributed by atoms with E-state index in [1.807, 2.05) is 0 Å². The van der Waals surface area contributed by atoms with Gasteiger partial charge in [-0.25, -0.2) is 0 Å². The minimum absolute atomic E-state index is 0.499. The lowest BCUT2D eigenvalue weighted by Crippen LogP contribution is -2.22. The first-order valence-electron chi connectivity index (χ1n) is 3.34. The van der Waals surface area contributed by atoms with Crippen molar-refractivity contribution in [2.45, 2.75) is 0 Å². The standard InChI is InChI=1S/C9H11NO/c1-4-8-9(5-2)11-6-7(3)10-8/h4-5,10H,1-3,6H2. The van der Waals surface area contributed by atoms with Gasteiger partial charge in [-0.3, -0.25) is 0 Å². The predicted molar refractivity (Wildman–Crippen MR) is 45.6 cm³/mol. The molecule has 1 aliphatic heterocycles. The fourth-order valence-electron chi connectivity index (χ4n) is 0.851. The fraction of sp³-hybridized carbons (Fsp3) is 0.111. The van der Waals surface area contributed by atoms with E-state index in [-0.39, 0.29) is 0 Å². The Bertz CT molecular complexity index is 238. The summed E-state index contributed by atoms with van der Waals surface area (Å²) in [5, 5.41) is 3.04. The van der Waals surface area contributed by atoms with E-state index in [9.17, 15) is 0 Å². The van der Waals surface area contributed by atoms with Crippen LogP contribution < -0.4 is 5.32 Å². The number of hydrogen-bond acceptors (Lipinski definition) is 2. The maximum atomic E-state index is 5.27. The summed E-state index contributed by atoms with van der Waals surface area (Å²) in [6.07, 6.45) is 3.33. The van der Waals surface area contributed by atoms with Crippen LogP contribution in [0.15, 0.2) is 49.0 Å². The molecule has 1 aliphatic rings. The maximum absolute atomic E-state index is 5.27. The van der Waals surface area contributed by atoms with E-state index >= 15 is 0 Å². The van der Waals surface area contributed by atoms with Gasteiger partial charge in [-0.1, -0.05) is 19.7 Å². The lowest BCUT2D eigenvalue weighted by atomic mass is 10.3. The molecule has 2 nitrogen and oxygen atoms in total. The summed E-state index contributed by atoms with van der Waals surface area (Å²) in [5.74, 6) is 0.729. The molecular weight excluding hydrogens is 138 g/mol. The van der Waals surface area contributed by atoms with Gasteiger partial charge in [0.1, 0.15) is 12.4 Å². The third kappa shape index (κ3) is 1.52. The molecule has 0 aromatic heterocycles. The van der Waals surface area contributed by atoms with E-state index in [2.05, 4.69) is 25.1 Å². The van der Waals surface area contributed by atoms with Gasteiger partial charge in [-0.05, 0) is 12.2 Å². The Morgan fingerprint density at radius 3 is 2.64 bits per heavy atom. The zero-order valence-electron chi connectivity index (χ0n) is 6.39. The molecule has 0 aromatic rings. The van der Waals surface area contributed by atoms with E-state index in [4.69, 9.17) is 4.74 Å². The van der Waals surface area contributed by atoms with Crippen molar-refractivity contribution in [1.29, 1.82) is 0 Å². The molecule has 1 heterocycles. The molecule has 11 heavy (non-hydrogen) atoms. The molecule has 0 atom stereocenters. The van der Waals surface area contributed by atoms with Crippen LogP contribution in [-0.4, -0.2) is 6.61 Å². The van der Waals surface area contributed by atoms with Crippen molar-refractivity contribution in [3.8, 4) is 0 Å². The minimum Gasteiger partial charge on any atom is -0.485 e. The molecule has 0 fully saturated rings. The van der Waals surface area contributed by atoms with Gasteiger partial charge in [0.2, 0.25) is 0 Å². The van der Waals surface area contributed by atoms with Crippen LogP contribution in [0.4, 0.5) is 0 Å². The Balaban J connectivity index is 2.91. The molecule has 0 aromatic carbocycles. The number of allylic oxidation sites excluding steroid dienone is 2. The Hall–Kier alpha value is -1.44. The molecule has 0 radical (unpaired) electrons. The molecule has 0 amide bonds. The van der Waals surface area contributed by atoms with Crippen molar-refractivity contribution in [1.82, 2.24) is 5.32 Å². The molecule has 1 N–H and O–H groups in total. The summed E-state index contributed by atoms with van der Waals surface area (Å²) in [7, 11) is 0. The van der Waals surface area contributed by atoms with E-state index < -0.39 is 0 Å². The molecule has 2 heteroatoms. The largest absolute Gasteiger partial charge is 0.485 e. The highest BCUT2D eigenvalue weighted by atomic mass is 16.5. The zero-order valence-corrected chi connectivity index (χ0v) is 6.39. The molecule has 0 saturated heterocycles. The quantitative estimate of drug-likeness (QED) is 0.645. The van der Waals surface area contributed by atoms with Gasteiger partial charge >= 0.3 is 0 Å². The molecule has 58 valence electrons. The monoisotopic (exact) mass is 149 g/mol. The summed E-state index contributed by atoms with van der Waals surface area (Å²) in [6, 6.07) is 0. The minimum atomic E-state index is 0.499. The van der Waals surface area contributed by atoms with Crippen LogP contribution in [0.2, 0.25) is 0 Å². The SMILES string of the molecule is C=CC1=C(C=C)OCC(=C)N1. The number of hydrogen-bond donors (Lipinski definition) is 1. The molecular formula is C9H11NO. The van der Waals surface area contributed by atoms with Crippen LogP contribution in [0.3, 0.4) is 0 Å². The first-order valence-corrected chi connectivity index (χ1v) is 3.34. The summed E-state index contributed by atoms with van der Waals surface area (Å²) < 4.78 is 5.27. The zero-order chi connectivity index (χ0) is 8.27. The van der Waals surface area contributed by atoms with Gasteiger partial charge in [0.15, 0.2) is 0 Å². The van der Waals surface area contributed by atoms with E-state index in [0.717, 1.165) is 17.2 Å². The van der Waals surface area contributed by atoms with E-state index in [1.165, 1.54) is 0 Å². The second-order valence-electron chi connectivity index (χ2n) is 2.20. The molecule has 0 aliphatic carbocycles. The maximum Gasteiger partial charge on any atom is 0.142 e. The molecule has 0 saturated carbocycles. The first kappa shape index (κ1) is 7.66. The molecule has 0 spiro atoms. The Kier molecular flexibility index (Phi) is 2.16. The number of nitrogens with one attached hydrogen (secondary N) is 1. The van der Waals surface area contributed by atoms with Crippen molar-refractivity contribution in [3.63, 3.8) is 0 Å². The topological polar surface area (TPSA) is 21.3 Å². The number of rotatable bonds is 2. The Labute approximate surface area is 66.6 Å². The first-order chi connectivity index (χ1) is 5.27. The van der Waals surface area contributed by atoms with E-state index in [0.29, 0.717) is 6.61 Å². The van der Waals surface area contributed by atoms with Gasteiger partial charge in [0, 0.05) is 5.70 Å². The summed E-state index contributed by atoms with van der Waals surface area (Å²) >= 11 is 0. The Morgan fingerprint density at radius 1 is 1.36 bits per heavy atom. The smallest absolute Gasteiger partial charge is 0.142 e. The van der Waals surface area contributed by atoms with Gasteiger partial charge in [-0.2, -0.15) is 0 Å². The van der Waals surface area contributed by atoms with Gasteiger partial charge < -0.3 is 10.1 Å². The number of ether oxygens (including phenoxy) is 1. The highest BCUT2D eigenvalue weighted by Gasteiger charge is 2.09. The fourth-order valence-corrected chi connectivity index (χ4v) is 0.851. The second-order valence-corrected chi connectivity index (χ2v) is 2.20. The van der Waals surface area contributed by atoms with Crippen LogP contribution >= 0.6 is 0 Å². The second kappa shape index (κ2) is 3.10. The van der Waals surface area contributed by atoms with Crippen molar-refractivity contribution in [2.24, 2.45) is 0 Å². The van der Waals surface area contributed by atoms with Crippen molar-refractivity contribution < 1.29 is 4.74 Å². The van der Waals surface area contributed by atoms with Gasteiger partial charge in [0.05, 0.1) is 5.70 Å². The van der Waals surface area contributed by atoms with Crippen molar-refractivity contribution in [2.75, 3.05) is 6.61 Å². The van der Waals surface area contributed by atoms with Crippen LogP contribution in [-0.2, 0) is 4.74 Å². The molecule has 0 bridgehead atoms. The normalized spacial score (nSPS) is 16.9. The van der Waals surface area contributed by atoms with Gasteiger partial charge in [-0.15, -0.1) is 0 Å². The third-order valence-electron chi connectivity index (χ3n) is 1.37. The molecule has 0 unspecified atom stereocenters. The summed E-state index contributed by atoms with van der Waals surface area (Å²) in [5.41, 5.74) is 1.67. The van der Waals surface area contributed by atoms with Crippen molar-refractivity contribution in [3.05, 3.63) is 49.0 Å². The van der Waals surface area contributed by atoms with Crippen molar-refractivity contribution >= 4 is 0 Å². The van der Waals surface area contributed by atoms with E-state index in [1.54, 1.807) is 12.2 Å². The lowest BCUT2D eigenvalue weighted by Gasteiger charge is -2.20. The van der Waals surface area contributed by atoms with Crippen LogP contribution in [0.5, 0.6) is 0 Å². The summed E-state index contributed by atoms with van der Waals surface area (Å²) in [4.78, 5) is 0. The summed E-state index contributed by atoms with van der Waals surface area (Å²) in [6.45, 7) is 11.5. The predicted octanol–water partition coefficient (Wildman–Crippen LogP) is 1.70. The highest BCUT2D eigenvalue weighted by molar-refractivity contribution is 5.30. The third-order valence-corrected chi connectivity index (χ3v) is 1.37. The highest BCUT2D eigenvalue weighted by Crippen LogP contribution is 2.13. The van der Waals surface area contributed by atoms with Crippen LogP contribution in [0, 0.1) is 0 Å². The average molecular weight is 149 g/mol.